The van der Waals surface area contributed by atoms with Crippen LogP contribution in [-0.4, -0.2) is 25.9 Å². The van der Waals surface area contributed by atoms with Crippen LogP contribution in [-0.2, 0) is 11.3 Å². The van der Waals surface area contributed by atoms with Crippen molar-refractivity contribution in [2.24, 2.45) is 0 Å². The summed E-state index contributed by atoms with van der Waals surface area (Å²) in [7, 11) is 0. The SMILES string of the molecule is CCn1c(SC(C)C(=O)Nc2c(C)cccc2C)nnc1-c1ccco1. The lowest BCUT2D eigenvalue weighted by Gasteiger charge is -2.15. The summed E-state index contributed by atoms with van der Waals surface area (Å²) in [6.07, 6.45) is 1.61. The van der Waals surface area contributed by atoms with Crippen molar-refractivity contribution in [2.75, 3.05) is 5.32 Å². The van der Waals surface area contributed by atoms with Crippen LogP contribution in [0.5, 0.6) is 0 Å². The molecule has 0 spiro atoms. The maximum absolute atomic E-state index is 12.6. The third kappa shape index (κ3) is 3.67. The Hall–Kier alpha value is -2.54. The summed E-state index contributed by atoms with van der Waals surface area (Å²) in [5, 5.41) is 11.9. The van der Waals surface area contributed by atoms with Crippen LogP contribution in [0.1, 0.15) is 25.0 Å². The lowest BCUT2D eigenvalue weighted by Crippen LogP contribution is -2.23. The lowest BCUT2D eigenvalue weighted by atomic mass is 10.1. The number of anilines is 1. The van der Waals surface area contributed by atoms with Crippen LogP contribution in [0.4, 0.5) is 5.69 Å². The molecule has 0 fully saturated rings. The van der Waals surface area contributed by atoms with E-state index >= 15 is 0 Å². The molecule has 3 rings (SSSR count). The van der Waals surface area contributed by atoms with E-state index in [1.54, 1.807) is 6.26 Å². The molecule has 1 amide bonds. The predicted molar refractivity (Wildman–Crippen MR) is 103 cm³/mol. The van der Waals surface area contributed by atoms with Crippen LogP contribution in [0, 0.1) is 13.8 Å². The second-order valence-corrected chi connectivity index (χ2v) is 7.35. The molecule has 7 heteroatoms. The number of para-hydroxylation sites is 1. The van der Waals surface area contributed by atoms with Gasteiger partial charge in [-0.3, -0.25) is 9.36 Å². The van der Waals surface area contributed by atoms with Crippen molar-refractivity contribution in [3.63, 3.8) is 0 Å². The Bertz CT molecular complexity index is 882. The number of carbonyl (C=O) groups excluding carboxylic acids is 1. The topological polar surface area (TPSA) is 73.0 Å². The number of benzene rings is 1. The molecule has 0 radical (unpaired) electrons. The van der Waals surface area contributed by atoms with Crippen molar-refractivity contribution in [3.8, 4) is 11.6 Å². The van der Waals surface area contributed by atoms with Crippen LogP contribution in [0.3, 0.4) is 0 Å². The molecule has 0 bridgehead atoms. The first-order valence-electron chi connectivity index (χ1n) is 8.52. The van der Waals surface area contributed by atoms with Gasteiger partial charge in [0.05, 0.1) is 11.5 Å². The van der Waals surface area contributed by atoms with Gasteiger partial charge in [0.1, 0.15) is 0 Å². The summed E-state index contributed by atoms with van der Waals surface area (Å²) >= 11 is 1.39. The highest BCUT2D eigenvalue weighted by Crippen LogP contribution is 2.28. The first-order chi connectivity index (χ1) is 12.5. The van der Waals surface area contributed by atoms with Gasteiger partial charge in [0.2, 0.25) is 5.91 Å². The molecule has 0 saturated carbocycles. The number of nitrogens with one attached hydrogen (secondary N) is 1. The van der Waals surface area contributed by atoms with Crippen molar-refractivity contribution in [1.82, 2.24) is 14.8 Å². The van der Waals surface area contributed by atoms with E-state index in [2.05, 4.69) is 15.5 Å². The van der Waals surface area contributed by atoms with Crippen molar-refractivity contribution in [1.29, 1.82) is 0 Å². The summed E-state index contributed by atoms with van der Waals surface area (Å²) in [5.41, 5.74) is 2.97. The Morgan fingerprint density at radius 3 is 2.58 bits per heavy atom. The number of hydrogen-bond acceptors (Lipinski definition) is 5. The van der Waals surface area contributed by atoms with Crippen molar-refractivity contribution in [3.05, 3.63) is 47.7 Å². The molecular weight excluding hydrogens is 348 g/mol. The minimum atomic E-state index is -0.312. The minimum absolute atomic E-state index is 0.0578. The van der Waals surface area contributed by atoms with E-state index in [0.29, 0.717) is 23.3 Å². The largest absolute Gasteiger partial charge is 0.461 e. The van der Waals surface area contributed by atoms with Crippen LogP contribution >= 0.6 is 11.8 Å². The predicted octanol–water partition coefficient (Wildman–Crippen LogP) is 4.29. The molecule has 3 aromatic rings. The number of nitrogens with zero attached hydrogens (tertiary/aromatic N) is 3. The van der Waals surface area contributed by atoms with Gasteiger partial charge in [0.25, 0.3) is 0 Å². The van der Waals surface area contributed by atoms with Gasteiger partial charge < -0.3 is 9.73 Å². The average molecular weight is 370 g/mol. The smallest absolute Gasteiger partial charge is 0.237 e. The van der Waals surface area contributed by atoms with Gasteiger partial charge in [0.15, 0.2) is 16.7 Å². The highest BCUT2D eigenvalue weighted by atomic mass is 32.2. The molecule has 2 heterocycles. The Labute approximate surface area is 157 Å². The quantitative estimate of drug-likeness (QED) is 0.655. The van der Waals surface area contributed by atoms with Gasteiger partial charge in [-0.2, -0.15) is 0 Å². The molecule has 26 heavy (non-hydrogen) atoms. The summed E-state index contributed by atoms with van der Waals surface area (Å²) in [5.74, 6) is 1.28. The summed E-state index contributed by atoms with van der Waals surface area (Å²) < 4.78 is 7.37. The van der Waals surface area contributed by atoms with E-state index < -0.39 is 0 Å². The maximum atomic E-state index is 12.6. The number of rotatable bonds is 6. The second-order valence-electron chi connectivity index (χ2n) is 6.04. The molecule has 1 atom stereocenters. The number of furan rings is 1. The van der Waals surface area contributed by atoms with Crippen molar-refractivity contribution >= 4 is 23.4 Å². The molecule has 1 unspecified atom stereocenters. The Kier molecular flexibility index (Phi) is 5.46. The molecule has 1 N–H and O–H groups in total. The van der Waals surface area contributed by atoms with Gasteiger partial charge in [-0.1, -0.05) is 30.0 Å². The summed E-state index contributed by atoms with van der Waals surface area (Å²) in [6, 6.07) is 9.63. The van der Waals surface area contributed by atoms with Crippen LogP contribution in [0.25, 0.3) is 11.6 Å². The molecule has 2 aromatic heterocycles. The van der Waals surface area contributed by atoms with Crippen LogP contribution in [0.2, 0.25) is 0 Å². The normalized spacial score (nSPS) is 12.2. The van der Waals surface area contributed by atoms with E-state index in [-0.39, 0.29) is 11.2 Å². The summed E-state index contributed by atoms with van der Waals surface area (Å²) in [4.78, 5) is 12.6. The van der Waals surface area contributed by atoms with Gasteiger partial charge in [-0.05, 0) is 51.0 Å². The molecule has 6 nitrogen and oxygen atoms in total. The minimum Gasteiger partial charge on any atom is -0.461 e. The van der Waals surface area contributed by atoms with Gasteiger partial charge in [-0.25, -0.2) is 0 Å². The second kappa shape index (κ2) is 7.78. The Balaban J connectivity index is 1.76. The number of aromatic nitrogens is 3. The Morgan fingerprint density at radius 1 is 1.23 bits per heavy atom. The number of carbonyl (C=O) groups is 1. The fourth-order valence-corrected chi connectivity index (χ4v) is 3.61. The molecule has 0 aliphatic rings. The fraction of sp³-hybridized carbons (Fsp3) is 0.316. The standard InChI is InChI=1S/C19H22N4O2S/c1-5-23-17(15-10-7-11-25-15)21-22-19(23)26-14(4)18(24)20-16-12(2)8-6-9-13(16)3/h6-11,14H,5H2,1-4H3,(H,20,24). The van der Waals surface area contributed by atoms with E-state index in [1.165, 1.54) is 11.8 Å². The first kappa shape index (κ1) is 18.3. The monoisotopic (exact) mass is 370 g/mol. The van der Waals surface area contributed by atoms with Crippen LogP contribution < -0.4 is 5.32 Å². The fourth-order valence-electron chi connectivity index (χ4n) is 2.70. The lowest BCUT2D eigenvalue weighted by molar-refractivity contribution is -0.115. The van der Waals surface area contributed by atoms with E-state index in [1.807, 2.05) is 62.6 Å². The Morgan fingerprint density at radius 2 is 1.96 bits per heavy atom. The van der Waals surface area contributed by atoms with Gasteiger partial charge >= 0.3 is 0 Å². The highest BCUT2D eigenvalue weighted by molar-refractivity contribution is 8.00. The van der Waals surface area contributed by atoms with Crippen LogP contribution in [0.15, 0.2) is 46.2 Å². The van der Waals surface area contributed by atoms with E-state index in [9.17, 15) is 4.79 Å². The van der Waals surface area contributed by atoms with Crippen molar-refractivity contribution in [2.45, 2.75) is 44.6 Å². The zero-order valence-electron chi connectivity index (χ0n) is 15.3. The zero-order valence-corrected chi connectivity index (χ0v) is 16.1. The number of thioether (sulfide) groups is 1. The molecule has 1 aromatic carbocycles. The van der Waals surface area contributed by atoms with E-state index in [0.717, 1.165) is 16.8 Å². The molecular formula is C19H22N4O2S. The molecule has 136 valence electrons. The molecule has 0 saturated heterocycles. The highest BCUT2D eigenvalue weighted by Gasteiger charge is 2.21. The number of hydrogen-bond donors (Lipinski definition) is 1. The first-order valence-corrected chi connectivity index (χ1v) is 9.40. The maximum Gasteiger partial charge on any atom is 0.237 e. The average Bonchev–Trinajstić information content (AvgIpc) is 3.27. The third-order valence-corrected chi connectivity index (χ3v) is 5.24. The zero-order chi connectivity index (χ0) is 18.7. The van der Waals surface area contributed by atoms with E-state index in [4.69, 9.17) is 4.42 Å². The van der Waals surface area contributed by atoms with Gasteiger partial charge in [-0.15, -0.1) is 10.2 Å². The number of aryl methyl sites for hydroxylation is 2. The molecule has 0 aliphatic carbocycles. The van der Waals surface area contributed by atoms with Crippen molar-refractivity contribution < 1.29 is 9.21 Å². The summed E-state index contributed by atoms with van der Waals surface area (Å²) in [6.45, 7) is 8.56. The van der Waals surface area contributed by atoms with Gasteiger partial charge in [0, 0.05) is 12.2 Å². The molecule has 0 aliphatic heterocycles. The third-order valence-electron chi connectivity index (χ3n) is 4.16. The number of amides is 1.